The largest absolute Gasteiger partial charge is 0.466 e. The first-order chi connectivity index (χ1) is 9.01. The fourth-order valence-corrected chi connectivity index (χ4v) is 1.78. The maximum atomic E-state index is 9.08. The van der Waals surface area contributed by atoms with E-state index in [1.54, 1.807) is 0 Å². The third-order valence-corrected chi connectivity index (χ3v) is 3.14. The molecule has 0 saturated carbocycles. The summed E-state index contributed by atoms with van der Waals surface area (Å²) < 4.78 is 11.1. The zero-order valence-electron chi connectivity index (χ0n) is 11.7. The van der Waals surface area contributed by atoms with Gasteiger partial charge in [-0.15, -0.1) is 10.2 Å². The summed E-state index contributed by atoms with van der Waals surface area (Å²) in [5, 5.41) is 17.1. The third kappa shape index (κ3) is 3.02. The lowest BCUT2D eigenvalue weighted by molar-refractivity contribution is 0.145. The van der Waals surface area contributed by atoms with Crippen LogP contribution in [0.15, 0.2) is 14.9 Å². The molecule has 0 aliphatic carbocycles. The summed E-state index contributed by atoms with van der Waals surface area (Å²) in [7, 11) is 1.90. The van der Waals surface area contributed by atoms with Gasteiger partial charge >= 0.3 is 0 Å². The highest BCUT2D eigenvalue weighted by Gasteiger charge is 2.16. The molecule has 104 valence electrons. The Morgan fingerprint density at radius 3 is 2.63 bits per heavy atom. The molecule has 0 aliphatic rings. The van der Waals surface area contributed by atoms with Crippen molar-refractivity contribution in [1.29, 1.82) is 0 Å². The predicted octanol–water partition coefficient (Wildman–Crippen LogP) is 1.76. The first kappa shape index (κ1) is 13.8. The summed E-state index contributed by atoms with van der Waals surface area (Å²) in [5.74, 6) is 2.58. The highest BCUT2D eigenvalue weighted by molar-refractivity contribution is 5.55. The number of likely N-dealkylation sites (N-methyl/N-ethyl adjacent to an activating group) is 1. The Morgan fingerprint density at radius 1 is 1.32 bits per heavy atom. The highest BCUT2D eigenvalue weighted by Crippen LogP contribution is 2.25. The van der Waals surface area contributed by atoms with Gasteiger partial charge in [-0.25, -0.2) is 0 Å². The van der Waals surface area contributed by atoms with Crippen molar-refractivity contribution < 1.29 is 13.9 Å². The number of aromatic nitrogens is 2. The van der Waals surface area contributed by atoms with Crippen LogP contribution in [0.25, 0.3) is 11.5 Å². The molecule has 1 N–H and O–H groups in total. The van der Waals surface area contributed by atoms with Gasteiger partial charge in [0.1, 0.15) is 11.5 Å². The van der Waals surface area contributed by atoms with Crippen LogP contribution in [-0.2, 0) is 6.54 Å². The number of aliphatic hydroxyl groups is 1. The monoisotopic (exact) mass is 265 g/mol. The SMILES string of the molecule is Cc1cc(-c2nnc(CN(C)C(C)CO)o2)c(C)o1. The van der Waals surface area contributed by atoms with E-state index in [0.29, 0.717) is 18.3 Å². The van der Waals surface area contributed by atoms with E-state index in [1.807, 2.05) is 38.8 Å². The van der Waals surface area contributed by atoms with Gasteiger partial charge in [-0.3, -0.25) is 4.90 Å². The Kier molecular flexibility index (Phi) is 4.01. The van der Waals surface area contributed by atoms with E-state index in [-0.39, 0.29) is 12.6 Å². The highest BCUT2D eigenvalue weighted by atomic mass is 16.4. The van der Waals surface area contributed by atoms with Crippen molar-refractivity contribution in [3.63, 3.8) is 0 Å². The van der Waals surface area contributed by atoms with Crippen LogP contribution in [-0.4, -0.2) is 39.9 Å². The fourth-order valence-electron chi connectivity index (χ4n) is 1.78. The molecule has 0 bridgehead atoms. The molecule has 2 aromatic rings. The quantitative estimate of drug-likeness (QED) is 0.887. The summed E-state index contributed by atoms with van der Waals surface area (Å²) in [4.78, 5) is 1.95. The minimum Gasteiger partial charge on any atom is -0.466 e. The molecule has 0 spiro atoms. The van der Waals surface area contributed by atoms with Crippen LogP contribution < -0.4 is 0 Å². The Bertz CT molecular complexity index is 547. The Balaban J connectivity index is 2.13. The predicted molar refractivity (Wildman–Crippen MR) is 69.5 cm³/mol. The topological polar surface area (TPSA) is 75.5 Å². The van der Waals surface area contributed by atoms with Crippen molar-refractivity contribution >= 4 is 0 Å². The molecule has 6 heteroatoms. The maximum absolute atomic E-state index is 9.08. The molecule has 6 nitrogen and oxygen atoms in total. The summed E-state index contributed by atoms with van der Waals surface area (Å²) in [6, 6.07) is 1.93. The van der Waals surface area contributed by atoms with Crippen LogP contribution >= 0.6 is 0 Å². The molecular weight excluding hydrogens is 246 g/mol. The Morgan fingerprint density at radius 2 is 2.05 bits per heavy atom. The van der Waals surface area contributed by atoms with Gasteiger partial charge in [0.25, 0.3) is 5.89 Å². The van der Waals surface area contributed by atoms with Gasteiger partial charge in [-0.1, -0.05) is 0 Å². The minimum absolute atomic E-state index is 0.0493. The molecule has 0 amide bonds. The molecule has 0 fully saturated rings. The van der Waals surface area contributed by atoms with Gasteiger partial charge in [-0.2, -0.15) is 0 Å². The number of aliphatic hydroxyl groups excluding tert-OH is 1. The molecule has 2 aromatic heterocycles. The molecule has 2 heterocycles. The van der Waals surface area contributed by atoms with Gasteiger partial charge < -0.3 is 13.9 Å². The van der Waals surface area contributed by atoms with E-state index in [1.165, 1.54) is 0 Å². The number of hydrogen-bond acceptors (Lipinski definition) is 6. The lowest BCUT2D eigenvalue weighted by Crippen LogP contribution is -2.31. The van der Waals surface area contributed by atoms with Gasteiger partial charge in [0, 0.05) is 6.04 Å². The molecule has 0 radical (unpaired) electrons. The summed E-state index contributed by atoms with van der Waals surface area (Å²) in [5.41, 5.74) is 0.828. The lowest BCUT2D eigenvalue weighted by atomic mass is 10.2. The van der Waals surface area contributed by atoms with Crippen LogP contribution in [0.2, 0.25) is 0 Å². The van der Waals surface area contributed by atoms with Crippen molar-refractivity contribution in [2.45, 2.75) is 33.4 Å². The zero-order chi connectivity index (χ0) is 14.0. The summed E-state index contributed by atoms with van der Waals surface area (Å²) in [6.45, 7) is 6.28. The van der Waals surface area contributed by atoms with E-state index in [4.69, 9.17) is 13.9 Å². The Hall–Kier alpha value is -1.66. The van der Waals surface area contributed by atoms with Gasteiger partial charge in [0.2, 0.25) is 5.89 Å². The van der Waals surface area contributed by atoms with Gasteiger partial charge in [0.05, 0.1) is 18.7 Å². The number of aryl methyl sites for hydroxylation is 2. The Labute approximate surface area is 112 Å². The first-order valence-corrected chi connectivity index (χ1v) is 6.22. The zero-order valence-corrected chi connectivity index (χ0v) is 11.7. The summed E-state index contributed by atoms with van der Waals surface area (Å²) >= 11 is 0. The standard InChI is InChI=1S/C13H19N3O3/c1-8(7-17)16(4)6-12-14-15-13(19-12)11-5-9(2)18-10(11)3/h5,8,17H,6-7H2,1-4H3. The molecule has 0 aromatic carbocycles. The normalized spacial score (nSPS) is 13.2. The van der Waals surface area contributed by atoms with E-state index < -0.39 is 0 Å². The van der Waals surface area contributed by atoms with Crippen LogP contribution in [0.3, 0.4) is 0 Å². The van der Waals surface area contributed by atoms with E-state index >= 15 is 0 Å². The van der Waals surface area contributed by atoms with Crippen molar-refractivity contribution in [1.82, 2.24) is 15.1 Å². The molecule has 0 saturated heterocycles. The van der Waals surface area contributed by atoms with Crippen molar-refractivity contribution in [2.24, 2.45) is 0 Å². The average molecular weight is 265 g/mol. The molecule has 0 aliphatic heterocycles. The van der Waals surface area contributed by atoms with Crippen molar-refractivity contribution in [3.05, 3.63) is 23.5 Å². The molecule has 1 atom stereocenters. The number of rotatable bonds is 5. The third-order valence-electron chi connectivity index (χ3n) is 3.14. The number of hydrogen-bond donors (Lipinski definition) is 1. The first-order valence-electron chi connectivity index (χ1n) is 6.22. The van der Waals surface area contributed by atoms with Crippen LogP contribution in [0.1, 0.15) is 24.3 Å². The van der Waals surface area contributed by atoms with E-state index in [2.05, 4.69) is 10.2 Å². The average Bonchev–Trinajstić information content (AvgIpc) is 2.94. The van der Waals surface area contributed by atoms with Crippen LogP contribution in [0.5, 0.6) is 0 Å². The number of nitrogens with zero attached hydrogens (tertiary/aromatic N) is 3. The lowest BCUT2D eigenvalue weighted by Gasteiger charge is -2.20. The molecule has 2 rings (SSSR count). The van der Waals surface area contributed by atoms with Crippen molar-refractivity contribution in [3.8, 4) is 11.5 Å². The molecular formula is C13H19N3O3. The van der Waals surface area contributed by atoms with Crippen molar-refractivity contribution in [2.75, 3.05) is 13.7 Å². The van der Waals surface area contributed by atoms with Gasteiger partial charge in [-0.05, 0) is 33.9 Å². The molecule has 1 unspecified atom stereocenters. The maximum Gasteiger partial charge on any atom is 0.251 e. The fraction of sp³-hybridized carbons (Fsp3) is 0.538. The van der Waals surface area contributed by atoms with Gasteiger partial charge in [0.15, 0.2) is 0 Å². The van der Waals surface area contributed by atoms with E-state index in [9.17, 15) is 0 Å². The second-order valence-corrected chi connectivity index (χ2v) is 4.77. The van der Waals surface area contributed by atoms with Crippen LogP contribution in [0, 0.1) is 13.8 Å². The number of furan rings is 1. The second kappa shape index (κ2) is 5.54. The second-order valence-electron chi connectivity index (χ2n) is 4.77. The van der Waals surface area contributed by atoms with Crippen LogP contribution in [0.4, 0.5) is 0 Å². The summed E-state index contributed by atoms with van der Waals surface area (Å²) in [6.07, 6.45) is 0. The smallest absolute Gasteiger partial charge is 0.251 e. The van der Waals surface area contributed by atoms with E-state index in [0.717, 1.165) is 17.1 Å². The minimum atomic E-state index is 0.0493. The molecule has 19 heavy (non-hydrogen) atoms.